The van der Waals surface area contributed by atoms with Crippen LogP contribution in [0.2, 0.25) is 5.02 Å². The molecule has 1 aromatic carbocycles. The Hall–Kier alpha value is -3.26. The van der Waals surface area contributed by atoms with Crippen LogP contribution in [0.25, 0.3) is 0 Å². The van der Waals surface area contributed by atoms with Crippen molar-refractivity contribution in [3.05, 3.63) is 52.9 Å². The molecular weight excluding hydrogens is 372 g/mol. The molecule has 0 bridgehead atoms. The van der Waals surface area contributed by atoms with Crippen molar-refractivity contribution in [1.82, 2.24) is 10.1 Å². The van der Waals surface area contributed by atoms with Gasteiger partial charge in [-0.05, 0) is 19.1 Å². The van der Waals surface area contributed by atoms with Gasteiger partial charge in [-0.3, -0.25) is 4.79 Å². The molecule has 0 saturated heterocycles. The van der Waals surface area contributed by atoms with Crippen molar-refractivity contribution in [2.24, 2.45) is 0 Å². The molecule has 0 aliphatic carbocycles. The van der Waals surface area contributed by atoms with E-state index in [4.69, 9.17) is 25.6 Å². The standard InChI is InChI=1S/C18H17ClN4O4/c1-10-6-17(23-27-10)22-18(24)11-4-5-16(20-9-11)21-13-8-14(25-2)12(19)7-15(13)26-3/h4-9H,1-3H3,(H,20,21)(H,22,23,24). The third-order valence-corrected chi connectivity index (χ3v) is 3.93. The Morgan fingerprint density at radius 1 is 1.11 bits per heavy atom. The highest BCUT2D eigenvalue weighted by Gasteiger charge is 2.12. The zero-order valence-corrected chi connectivity index (χ0v) is 15.6. The molecule has 9 heteroatoms. The average molecular weight is 389 g/mol. The fourth-order valence-electron chi connectivity index (χ4n) is 2.31. The maximum Gasteiger partial charge on any atom is 0.258 e. The Balaban J connectivity index is 1.75. The maximum atomic E-state index is 12.2. The molecule has 140 valence electrons. The van der Waals surface area contributed by atoms with E-state index in [1.807, 2.05) is 0 Å². The van der Waals surface area contributed by atoms with Crippen molar-refractivity contribution in [1.29, 1.82) is 0 Å². The maximum absolute atomic E-state index is 12.2. The first-order valence-electron chi connectivity index (χ1n) is 7.89. The molecule has 1 amide bonds. The molecule has 0 fully saturated rings. The second-order valence-corrected chi connectivity index (χ2v) is 5.93. The van der Waals surface area contributed by atoms with Crippen LogP contribution in [0.3, 0.4) is 0 Å². The van der Waals surface area contributed by atoms with E-state index in [0.29, 0.717) is 45.2 Å². The summed E-state index contributed by atoms with van der Waals surface area (Å²) in [5.74, 6) is 2.16. The number of pyridine rings is 1. The van der Waals surface area contributed by atoms with Crippen molar-refractivity contribution < 1.29 is 18.8 Å². The summed E-state index contributed by atoms with van der Waals surface area (Å²) in [5.41, 5.74) is 1.00. The van der Waals surface area contributed by atoms with Crippen molar-refractivity contribution in [2.75, 3.05) is 24.9 Å². The molecule has 2 N–H and O–H groups in total. The van der Waals surface area contributed by atoms with Gasteiger partial charge in [-0.25, -0.2) is 4.98 Å². The zero-order chi connectivity index (χ0) is 19.4. The quantitative estimate of drug-likeness (QED) is 0.657. The summed E-state index contributed by atoms with van der Waals surface area (Å²) in [7, 11) is 3.06. The number of anilines is 3. The summed E-state index contributed by atoms with van der Waals surface area (Å²) in [5, 5.41) is 9.90. The lowest BCUT2D eigenvalue weighted by Crippen LogP contribution is -2.12. The van der Waals surface area contributed by atoms with Gasteiger partial charge in [0.25, 0.3) is 5.91 Å². The molecule has 8 nitrogen and oxygen atoms in total. The molecule has 2 aromatic heterocycles. The topological polar surface area (TPSA) is 98.5 Å². The Kier molecular flexibility index (Phi) is 5.46. The minimum atomic E-state index is -0.340. The summed E-state index contributed by atoms with van der Waals surface area (Å²) < 4.78 is 15.4. The molecule has 3 rings (SSSR count). The smallest absolute Gasteiger partial charge is 0.258 e. The van der Waals surface area contributed by atoms with Crippen LogP contribution in [0.1, 0.15) is 16.1 Å². The van der Waals surface area contributed by atoms with E-state index < -0.39 is 0 Å². The molecule has 3 aromatic rings. The Morgan fingerprint density at radius 3 is 2.48 bits per heavy atom. The van der Waals surface area contributed by atoms with Crippen LogP contribution in [-0.2, 0) is 0 Å². The fraction of sp³-hybridized carbons (Fsp3) is 0.167. The van der Waals surface area contributed by atoms with Crippen LogP contribution >= 0.6 is 11.6 Å². The van der Waals surface area contributed by atoms with Crippen molar-refractivity contribution in [3.63, 3.8) is 0 Å². The molecule has 0 spiro atoms. The van der Waals surface area contributed by atoms with E-state index in [1.165, 1.54) is 20.4 Å². The number of carbonyl (C=O) groups is 1. The van der Waals surface area contributed by atoms with E-state index in [-0.39, 0.29) is 5.91 Å². The van der Waals surface area contributed by atoms with E-state index in [0.717, 1.165) is 0 Å². The highest BCUT2D eigenvalue weighted by Crippen LogP contribution is 2.37. The first-order valence-corrected chi connectivity index (χ1v) is 8.27. The molecule has 0 aliphatic heterocycles. The Bertz CT molecular complexity index is 956. The summed E-state index contributed by atoms with van der Waals surface area (Å²) in [6.45, 7) is 1.74. The summed E-state index contributed by atoms with van der Waals surface area (Å²) in [6.07, 6.45) is 1.45. The number of amides is 1. The summed E-state index contributed by atoms with van der Waals surface area (Å²) in [6, 6.07) is 8.28. The molecule has 0 radical (unpaired) electrons. The molecule has 27 heavy (non-hydrogen) atoms. The molecule has 0 atom stereocenters. The Morgan fingerprint density at radius 2 is 1.89 bits per heavy atom. The van der Waals surface area contributed by atoms with E-state index in [2.05, 4.69) is 20.8 Å². The normalized spacial score (nSPS) is 10.4. The van der Waals surface area contributed by atoms with Gasteiger partial charge < -0.3 is 24.6 Å². The minimum absolute atomic E-state index is 0.340. The number of hydrogen-bond acceptors (Lipinski definition) is 7. The van der Waals surface area contributed by atoms with Crippen molar-refractivity contribution in [3.8, 4) is 11.5 Å². The first-order chi connectivity index (χ1) is 13.0. The number of ether oxygens (including phenoxy) is 2. The number of nitrogens with zero attached hydrogens (tertiary/aromatic N) is 2. The van der Waals surface area contributed by atoms with Gasteiger partial charge in [0.05, 0.1) is 30.5 Å². The van der Waals surface area contributed by atoms with Gasteiger partial charge in [-0.1, -0.05) is 16.8 Å². The lowest BCUT2D eigenvalue weighted by atomic mass is 10.2. The largest absolute Gasteiger partial charge is 0.495 e. The van der Waals surface area contributed by atoms with Crippen LogP contribution in [0, 0.1) is 6.92 Å². The third-order valence-electron chi connectivity index (χ3n) is 3.63. The summed E-state index contributed by atoms with van der Waals surface area (Å²) in [4.78, 5) is 16.5. The monoisotopic (exact) mass is 388 g/mol. The van der Waals surface area contributed by atoms with Crippen LogP contribution in [0.4, 0.5) is 17.3 Å². The van der Waals surface area contributed by atoms with Gasteiger partial charge in [0, 0.05) is 24.4 Å². The van der Waals surface area contributed by atoms with Gasteiger partial charge >= 0.3 is 0 Å². The van der Waals surface area contributed by atoms with Gasteiger partial charge in [-0.15, -0.1) is 0 Å². The van der Waals surface area contributed by atoms with E-state index in [9.17, 15) is 4.79 Å². The zero-order valence-electron chi connectivity index (χ0n) is 14.9. The number of nitrogens with one attached hydrogen (secondary N) is 2. The van der Waals surface area contributed by atoms with Gasteiger partial charge in [0.1, 0.15) is 23.1 Å². The first kappa shape index (κ1) is 18.5. The number of carbonyl (C=O) groups excluding carboxylic acids is 1. The lowest BCUT2D eigenvalue weighted by molar-refractivity contribution is 0.102. The second-order valence-electron chi connectivity index (χ2n) is 5.52. The third kappa shape index (κ3) is 4.29. The molecular formula is C18H17ClN4O4. The van der Waals surface area contributed by atoms with Crippen LogP contribution in [0.15, 0.2) is 41.1 Å². The number of aromatic nitrogens is 2. The SMILES string of the molecule is COc1cc(Nc2ccc(C(=O)Nc3cc(C)on3)cn2)c(OC)cc1Cl. The van der Waals surface area contributed by atoms with Gasteiger partial charge in [0.15, 0.2) is 5.82 Å². The fourth-order valence-corrected chi connectivity index (χ4v) is 2.54. The van der Waals surface area contributed by atoms with Gasteiger partial charge in [-0.2, -0.15) is 0 Å². The van der Waals surface area contributed by atoms with Crippen LogP contribution in [0.5, 0.6) is 11.5 Å². The predicted molar refractivity (Wildman–Crippen MR) is 101 cm³/mol. The number of benzene rings is 1. The van der Waals surface area contributed by atoms with Crippen LogP contribution < -0.4 is 20.1 Å². The number of halogens is 1. The van der Waals surface area contributed by atoms with Crippen LogP contribution in [-0.4, -0.2) is 30.3 Å². The molecule has 0 aliphatic rings. The average Bonchev–Trinajstić information content (AvgIpc) is 3.08. The second kappa shape index (κ2) is 7.96. The molecule has 2 heterocycles. The van der Waals surface area contributed by atoms with Gasteiger partial charge in [0.2, 0.25) is 0 Å². The number of methoxy groups -OCH3 is 2. The number of aryl methyl sites for hydroxylation is 1. The van der Waals surface area contributed by atoms with E-state index in [1.54, 1.807) is 37.3 Å². The molecule has 0 unspecified atom stereocenters. The number of hydrogen-bond donors (Lipinski definition) is 2. The molecule has 0 saturated carbocycles. The minimum Gasteiger partial charge on any atom is -0.495 e. The highest BCUT2D eigenvalue weighted by atomic mass is 35.5. The predicted octanol–water partition coefficient (Wildman–Crippen LogP) is 4.04. The van der Waals surface area contributed by atoms with Crippen molar-refractivity contribution >= 4 is 34.8 Å². The highest BCUT2D eigenvalue weighted by molar-refractivity contribution is 6.32. The Labute approximate surface area is 160 Å². The lowest BCUT2D eigenvalue weighted by Gasteiger charge is -2.13. The number of rotatable bonds is 6. The summed E-state index contributed by atoms with van der Waals surface area (Å²) >= 11 is 6.10. The van der Waals surface area contributed by atoms with E-state index >= 15 is 0 Å². The van der Waals surface area contributed by atoms with Crippen molar-refractivity contribution in [2.45, 2.75) is 6.92 Å².